The highest BCUT2D eigenvalue weighted by molar-refractivity contribution is 7.91. The maximum Gasteiger partial charge on any atom is 0.417 e. The Bertz CT molecular complexity index is 976. The van der Waals surface area contributed by atoms with Gasteiger partial charge in [-0.2, -0.15) is 23.0 Å². The summed E-state index contributed by atoms with van der Waals surface area (Å²) in [6.45, 7) is 0.345. The Labute approximate surface area is 150 Å². The average molecular weight is 409 g/mol. The summed E-state index contributed by atoms with van der Waals surface area (Å²) in [5.74, 6) is -0.239. The summed E-state index contributed by atoms with van der Waals surface area (Å²) in [6.07, 6.45) is -2.68. The number of sulfone groups is 1. The molecule has 0 radical (unpaired) electrons. The van der Waals surface area contributed by atoms with Crippen LogP contribution in [0.15, 0.2) is 29.3 Å². The third kappa shape index (κ3) is 3.68. The highest BCUT2D eigenvalue weighted by Crippen LogP contribution is 2.29. The predicted molar refractivity (Wildman–Crippen MR) is 88.5 cm³/mol. The van der Waals surface area contributed by atoms with Gasteiger partial charge in [0.15, 0.2) is 15.7 Å². The summed E-state index contributed by atoms with van der Waals surface area (Å²) in [5, 5.41) is 3.69. The minimum Gasteiger partial charge on any atom is -0.367 e. The lowest BCUT2D eigenvalue weighted by atomic mass is 10.3. The zero-order valence-electron chi connectivity index (χ0n) is 13.1. The van der Waals surface area contributed by atoms with Crippen LogP contribution in [0.2, 0.25) is 5.02 Å². The van der Waals surface area contributed by atoms with Crippen LogP contribution in [0.1, 0.15) is 5.56 Å². The minimum atomic E-state index is -4.54. The van der Waals surface area contributed by atoms with Gasteiger partial charge in [-0.3, -0.25) is 4.79 Å². The van der Waals surface area contributed by atoms with Crippen LogP contribution in [-0.4, -0.2) is 47.8 Å². The van der Waals surface area contributed by atoms with Gasteiger partial charge in [0.25, 0.3) is 5.56 Å². The van der Waals surface area contributed by atoms with E-state index < -0.39 is 27.1 Å². The van der Waals surface area contributed by atoms with Gasteiger partial charge in [-0.1, -0.05) is 11.6 Å². The smallest absolute Gasteiger partial charge is 0.367 e. The lowest BCUT2D eigenvalue weighted by Gasteiger charge is -2.28. The van der Waals surface area contributed by atoms with Crippen molar-refractivity contribution in [1.29, 1.82) is 0 Å². The van der Waals surface area contributed by atoms with Gasteiger partial charge in [-0.25, -0.2) is 13.4 Å². The summed E-state index contributed by atoms with van der Waals surface area (Å²) in [6, 6.07) is 1.80. The molecule has 0 bridgehead atoms. The maximum atomic E-state index is 12.6. The van der Waals surface area contributed by atoms with Gasteiger partial charge in [0.05, 0.1) is 29.0 Å². The van der Waals surface area contributed by atoms with Crippen molar-refractivity contribution < 1.29 is 21.6 Å². The Morgan fingerprint density at radius 3 is 2.31 bits per heavy atom. The van der Waals surface area contributed by atoms with Crippen LogP contribution in [0.4, 0.5) is 18.9 Å². The molecule has 1 fully saturated rings. The number of aromatic nitrogens is 3. The van der Waals surface area contributed by atoms with Crippen LogP contribution in [0, 0.1) is 0 Å². The zero-order valence-corrected chi connectivity index (χ0v) is 14.6. The van der Waals surface area contributed by atoms with Crippen molar-refractivity contribution in [3.05, 3.63) is 45.5 Å². The van der Waals surface area contributed by atoms with Crippen LogP contribution < -0.4 is 10.5 Å². The topological polar surface area (TPSA) is 85.2 Å². The predicted octanol–water partition coefficient (Wildman–Crippen LogP) is 1.53. The van der Waals surface area contributed by atoms with Crippen LogP contribution >= 0.6 is 11.6 Å². The molecule has 0 unspecified atom stereocenters. The first kappa shape index (κ1) is 18.6. The van der Waals surface area contributed by atoms with Crippen LogP contribution in [0.5, 0.6) is 0 Å². The molecule has 2 aromatic rings. The number of hydrogen-bond acceptors (Lipinski definition) is 6. The van der Waals surface area contributed by atoms with E-state index in [1.165, 1.54) is 6.20 Å². The lowest BCUT2D eigenvalue weighted by Crippen LogP contribution is -2.41. The zero-order chi connectivity index (χ0) is 19.1. The Balaban J connectivity index is 1.92. The molecule has 0 atom stereocenters. The van der Waals surface area contributed by atoms with Gasteiger partial charge < -0.3 is 4.90 Å². The fourth-order valence-corrected chi connectivity index (χ4v) is 3.89. The summed E-state index contributed by atoms with van der Waals surface area (Å²) in [7, 11) is -3.10. The molecule has 0 amide bonds. The summed E-state index contributed by atoms with van der Waals surface area (Å²) < 4.78 is 61.5. The van der Waals surface area contributed by atoms with Gasteiger partial charge in [-0.05, 0) is 12.1 Å². The molecule has 7 nitrogen and oxygen atoms in total. The number of alkyl halides is 3. The van der Waals surface area contributed by atoms with Crippen LogP contribution in [-0.2, 0) is 16.0 Å². The molecule has 26 heavy (non-hydrogen) atoms. The van der Waals surface area contributed by atoms with Crippen LogP contribution in [0.25, 0.3) is 5.82 Å². The van der Waals surface area contributed by atoms with Crippen molar-refractivity contribution in [2.24, 2.45) is 0 Å². The largest absolute Gasteiger partial charge is 0.417 e. The molecule has 140 valence electrons. The van der Waals surface area contributed by atoms with E-state index in [9.17, 15) is 26.4 Å². The summed E-state index contributed by atoms with van der Waals surface area (Å²) >= 11 is 6.08. The monoisotopic (exact) mass is 408 g/mol. The van der Waals surface area contributed by atoms with Gasteiger partial charge >= 0.3 is 6.18 Å². The van der Waals surface area contributed by atoms with E-state index in [1.807, 2.05) is 0 Å². The lowest BCUT2D eigenvalue weighted by molar-refractivity contribution is -0.137. The molecule has 3 heterocycles. The van der Waals surface area contributed by atoms with Gasteiger partial charge in [-0.15, -0.1) is 0 Å². The molecule has 0 N–H and O–H groups in total. The van der Waals surface area contributed by atoms with Crippen molar-refractivity contribution in [2.45, 2.75) is 6.18 Å². The van der Waals surface area contributed by atoms with E-state index >= 15 is 0 Å². The maximum absolute atomic E-state index is 12.6. The van der Waals surface area contributed by atoms with Gasteiger partial charge in [0.2, 0.25) is 0 Å². The van der Waals surface area contributed by atoms with Crippen molar-refractivity contribution in [1.82, 2.24) is 14.8 Å². The number of pyridine rings is 1. The Morgan fingerprint density at radius 2 is 1.77 bits per heavy atom. The molecular formula is C14H12ClF3N4O3S. The summed E-state index contributed by atoms with van der Waals surface area (Å²) in [4.78, 5) is 17.6. The third-order valence-electron chi connectivity index (χ3n) is 3.88. The first-order chi connectivity index (χ1) is 12.1. The average Bonchev–Trinajstić information content (AvgIpc) is 2.57. The van der Waals surface area contributed by atoms with Gasteiger partial charge in [0, 0.05) is 19.3 Å². The quantitative estimate of drug-likeness (QED) is 0.749. The summed E-state index contributed by atoms with van der Waals surface area (Å²) in [5.41, 5.74) is -1.44. The number of nitrogens with zero attached hydrogens (tertiary/aromatic N) is 4. The molecule has 2 aromatic heterocycles. The minimum absolute atomic E-state index is 0.0626. The third-order valence-corrected chi connectivity index (χ3v) is 5.84. The Morgan fingerprint density at radius 1 is 1.12 bits per heavy atom. The van der Waals surface area contributed by atoms with E-state index in [1.54, 1.807) is 4.90 Å². The van der Waals surface area contributed by atoms with E-state index in [2.05, 4.69) is 10.1 Å². The number of halogens is 4. The second-order valence-electron chi connectivity index (χ2n) is 5.60. The van der Waals surface area contributed by atoms with E-state index in [-0.39, 0.29) is 41.1 Å². The molecule has 1 saturated heterocycles. The standard InChI is InChI=1S/C14H12ClF3N4O3S/c15-12-10(21-3-5-26(24,25)6-4-21)8-20-22(13(12)23)11-2-1-9(7-19-11)14(16,17)18/h1-2,7-8H,3-6H2. The highest BCUT2D eigenvalue weighted by atomic mass is 35.5. The van der Waals surface area contributed by atoms with Crippen molar-refractivity contribution in [3.63, 3.8) is 0 Å². The van der Waals surface area contributed by atoms with Crippen molar-refractivity contribution in [3.8, 4) is 5.82 Å². The number of anilines is 1. The highest BCUT2D eigenvalue weighted by Gasteiger charge is 2.31. The second kappa shape index (κ2) is 6.54. The van der Waals surface area contributed by atoms with E-state index in [0.717, 1.165) is 16.8 Å². The molecule has 0 saturated carbocycles. The number of hydrogen-bond donors (Lipinski definition) is 0. The second-order valence-corrected chi connectivity index (χ2v) is 8.28. The Kier molecular flexibility index (Phi) is 4.69. The molecule has 0 aliphatic carbocycles. The molecule has 0 spiro atoms. The molecule has 0 aromatic carbocycles. The van der Waals surface area contributed by atoms with Gasteiger partial charge in [0.1, 0.15) is 5.02 Å². The fourth-order valence-electron chi connectivity index (χ4n) is 2.44. The molecule has 1 aliphatic rings. The fraction of sp³-hybridized carbons (Fsp3) is 0.357. The van der Waals surface area contributed by atoms with Crippen molar-refractivity contribution in [2.75, 3.05) is 29.5 Å². The number of rotatable bonds is 2. The molecular weight excluding hydrogens is 397 g/mol. The van der Waals surface area contributed by atoms with E-state index in [0.29, 0.717) is 6.20 Å². The molecule has 12 heteroatoms. The van der Waals surface area contributed by atoms with Crippen molar-refractivity contribution >= 4 is 27.1 Å². The first-order valence-electron chi connectivity index (χ1n) is 7.35. The molecule has 3 rings (SSSR count). The van der Waals surface area contributed by atoms with Crippen LogP contribution in [0.3, 0.4) is 0 Å². The molecule has 1 aliphatic heterocycles. The normalized spacial score (nSPS) is 17.3. The SMILES string of the molecule is O=c1c(Cl)c(N2CCS(=O)(=O)CC2)cnn1-c1ccc(C(F)(F)F)cn1. The first-order valence-corrected chi connectivity index (χ1v) is 9.55. The Hall–Kier alpha value is -2.14. The van der Waals surface area contributed by atoms with E-state index in [4.69, 9.17) is 11.6 Å².